The number of fused-ring (bicyclic) bond motifs is 1. The summed E-state index contributed by atoms with van der Waals surface area (Å²) >= 11 is 0. The topological polar surface area (TPSA) is 58.6 Å². The Balaban J connectivity index is 0.00000231. The number of carbonyl (C=O) groups excluding carboxylic acids is 2. The van der Waals surface area contributed by atoms with Crippen molar-refractivity contribution in [2.45, 2.75) is 45.1 Å². The van der Waals surface area contributed by atoms with Gasteiger partial charge in [0.05, 0.1) is 7.11 Å². The smallest absolute Gasteiger partial charge is 1.00 e. The van der Waals surface area contributed by atoms with Gasteiger partial charge in [0.1, 0.15) is 5.75 Å². The predicted molar refractivity (Wildman–Crippen MR) is 163 cm³/mol. The number of amides is 2. The van der Waals surface area contributed by atoms with Crippen LogP contribution in [0.3, 0.4) is 0 Å². The van der Waals surface area contributed by atoms with E-state index in [1.165, 1.54) is 0 Å². The molecule has 222 valence electrons. The summed E-state index contributed by atoms with van der Waals surface area (Å²) in [6.45, 7) is 8.03. The molecule has 4 aromatic rings. The van der Waals surface area contributed by atoms with Gasteiger partial charge in [0.2, 0.25) is 5.91 Å². The Morgan fingerprint density at radius 2 is 1.37 bits per heavy atom. The van der Waals surface area contributed by atoms with Gasteiger partial charge >= 0.3 is 17.4 Å². The molecule has 1 atom stereocenters. The fourth-order valence-corrected chi connectivity index (χ4v) is 6.08. The molecule has 0 spiro atoms. The second kappa shape index (κ2) is 15.2. The standard InChI is InChI=1S/C34H34N2O3.Al.3ClH/c1-23(37)36-31-20-17-28(35-32(38)26-13-11-25(12-14-26)24-9-7-6-8-10-24)21-30(31)34(4,22-33(36,2)3)27-15-18-29(39-5)19-16-27;;;;/h6-21H,22H2,1-5H3,(H,35,38);;3*1H/q;+3;;;/p-3. The summed E-state index contributed by atoms with van der Waals surface area (Å²) in [5, 5.41) is 3.08. The second-order valence-electron chi connectivity index (χ2n) is 11.0. The van der Waals surface area contributed by atoms with Crippen molar-refractivity contribution in [3.8, 4) is 16.9 Å². The number of rotatable bonds is 5. The Morgan fingerprint density at radius 1 is 0.791 bits per heavy atom. The fourth-order valence-electron chi connectivity index (χ4n) is 6.08. The normalized spacial score (nSPS) is 16.1. The summed E-state index contributed by atoms with van der Waals surface area (Å²) in [4.78, 5) is 27.9. The van der Waals surface area contributed by atoms with E-state index >= 15 is 0 Å². The van der Waals surface area contributed by atoms with Crippen LogP contribution in [-0.4, -0.2) is 41.8 Å². The van der Waals surface area contributed by atoms with Crippen LogP contribution in [0.1, 0.15) is 55.6 Å². The first-order valence-corrected chi connectivity index (χ1v) is 13.2. The molecule has 0 aromatic heterocycles. The van der Waals surface area contributed by atoms with E-state index in [4.69, 9.17) is 4.74 Å². The Bertz CT molecular complexity index is 1530. The maximum atomic E-state index is 13.2. The molecule has 1 aliphatic heterocycles. The number of ether oxygens (including phenoxy) is 1. The van der Waals surface area contributed by atoms with Crippen molar-refractivity contribution in [1.82, 2.24) is 0 Å². The van der Waals surface area contributed by atoms with Gasteiger partial charge in [0, 0.05) is 34.8 Å². The van der Waals surface area contributed by atoms with Crippen molar-refractivity contribution in [3.05, 3.63) is 114 Å². The average molecular weight is 652 g/mol. The van der Waals surface area contributed by atoms with Crippen LogP contribution in [0.2, 0.25) is 0 Å². The zero-order chi connectivity index (χ0) is 27.8. The van der Waals surface area contributed by atoms with Gasteiger partial charge in [0.15, 0.2) is 0 Å². The van der Waals surface area contributed by atoms with E-state index in [0.29, 0.717) is 11.3 Å². The van der Waals surface area contributed by atoms with Gasteiger partial charge in [-0.3, -0.25) is 9.59 Å². The van der Waals surface area contributed by atoms with Gasteiger partial charge in [-0.15, -0.1) is 0 Å². The van der Waals surface area contributed by atoms with E-state index in [9.17, 15) is 9.59 Å². The van der Waals surface area contributed by atoms with Gasteiger partial charge < -0.3 is 52.2 Å². The van der Waals surface area contributed by atoms with E-state index < -0.39 is 11.0 Å². The Hall–Kier alpha value is -2.98. The average Bonchev–Trinajstić information content (AvgIpc) is 2.93. The van der Waals surface area contributed by atoms with Crippen molar-refractivity contribution < 1.29 is 51.5 Å². The molecule has 1 N–H and O–H groups in total. The maximum absolute atomic E-state index is 13.2. The van der Waals surface area contributed by atoms with E-state index in [0.717, 1.165) is 40.1 Å². The third kappa shape index (κ3) is 7.58. The summed E-state index contributed by atoms with van der Waals surface area (Å²) in [7, 11) is 1.66. The van der Waals surface area contributed by atoms with Gasteiger partial charge in [-0.05, 0) is 85.0 Å². The van der Waals surface area contributed by atoms with Crippen molar-refractivity contribution >= 4 is 40.6 Å². The van der Waals surface area contributed by atoms with Crippen molar-refractivity contribution in [3.63, 3.8) is 0 Å². The Morgan fingerprint density at radius 3 is 1.93 bits per heavy atom. The molecule has 5 nitrogen and oxygen atoms in total. The monoisotopic (exact) mass is 650 g/mol. The van der Waals surface area contributed by atoms with Crippen LogP contribution in [0.4, 0.5) is 11.4 Å². The van der Waals surface area contributed by atoms with E-state index in [1.807, 2.05) is 89.8 Å². The van der Waals surface area contributed by atoms with Crippen LogP contribution >= 0.6 is 0 Å². The minimum absolute atomic E-state index is 0. The van der Waals surface area contributed by atoms with Gasteiger partial charge in [0.25, 0.3) is 5.91 Å². The quantitative estimate of drug-likeness (QED) is 0.257. The number of nitrogens with one attached hydrogen (secondary N) is 1. The molecule has 0 saturated carbocycles. The molecule has 9 heteroatoms. The predicted octanol–water partition coefficient (Wildman–Crippen LogP) is -1.91. The fraction of sp³-hybridized carbons (Fsp3) is 0.235. The Kier molecular flexibility index (Phi) is 13.4. The van der Waals surface area contributed by atoms with Crippen LogP contribution in [0.5, 0.6) is 5.75 Å². The molecule has 4 aromatic carbocycles. The number of hydrogen-bond acceptors (Lipinski definition) is 3. The van der Waals surface area contributed by atoms with E-state index in [-0.39, 0.29) is 66.4 Å². The molecule has 0 radical (unpaired) electrons. The van der Waals surface area contributed by atoms with Crippen molar-refractivity contribution in [1.29, 1.82) is 0 Å². The molecule has 1 unspecified atom stereocenters. The Labute approximate surface area is 283 Å². The van der Waals surface area contributed by atoms with Crippen LogP contribution in [0.15, 0.2) is 97.1 Å². The molecule has 2 amide bonds. The number of carbonyl (C=O) groups is 2. The van der Waals surface area contributed by atoms with Crippen LogP contribution < -0.4 is 52.2 Å². The summed E-state index contributed by atoms with van der Waals surface area (Å²) in [6, 6.07) is 31.6. The molecular weight excluding hydrogens is 618 g/mol. The molecule has 43 heavy (non-hydrogen) atoms. The first-order chi connectivity index (χ1) is 18.6. The minimum Gasteiger partial charge on any atom is -1.00 e. The zero-order valence-corrected chi connectivity index (χ0v) is 28.3. The number of hydrogen-bond donors (Lipinski definition) is 1. The largest absolute Gasteiger partial charge is 3.00 e. The van der Waals surface area contributed by atoms with Gasteiger partial charge in [-0.1, -0.05) is 61.5 Å². The molecule has 0 bridgehead atoms. The van der Waals surface area contributed by atoms with E-state index in [2.05, 4.69) is 38.2 Å². The molecule has 0 saturated heterocycles. The number of halogens is 3. The molecular formula is C34H34AlCl3N2O3. The third-order valence-corrected chi connectivity index (χ3v) is 7.78. The summed E-state index contributed by atoms with van der Waals surface area (Å²) in [5.74, 6) is 0.607. The SMILES string of the molecule is COc1ccc(C2(C)CC(C)(C)N(C(C)=O)c3ccc(NC(=O)c4ccc(-c5ccccc5)cc4)cc32)cc1.[Al+3].[Cl-].[Cl-].[Cl-]. The first-order valence-electron chi connectivity index (χ1n) is 13.2. The summed E-state index contributed by atoms with van der Waals surface area (Å²) in [6.07, 6.45) is 0.720. The molecule has 0 fully saturated rings. The van der Waals surface area contributed by atoms with Crippen LogP contribution in [0.25, 0.3) is 11.1 Å². The molecule has 0 aliphatic carbocycles. The number of methoxy groups -OCH3 is 1. The number of benzene rings is 4. The van der Waals surface area contributed by atoms with Gasteiger partial charge in [-0.25, -0.2) is 0 Å². The van der Waals surface area contributed by atoms with Crippen molar-refractivity contribution in [2.24, 2.45) is 0 Å². The third-order valence-electron chi connectivity index (χ3n) is 7.78. The van der Waals surface area contributed by atoms with Gasteiger partial charge in [-0.2, -0.15) is 0 Å². The zero-order valence-electron chi connectivity index (χ0n) is 24.8. The first kappa shape index (κ1) is 38.0. The number of anilines is 2. The molecule has 1 aliphatic rings. The molecule has 5 rings (SSSR count). The number of nitrogens with zero attached hydrogens (tertiary/aromatic N) is 1. The van der Waals surface area contributed by atoms with Crippen LogP contribution in [-0.2, 0) is 10.2 Å². The summed E-state index contributed by atoms with van der Waals surface area (Å²) < 4.78 is 5.39. The molecule has 1 heterocycles. The minimum atomic E-state index is -0.404. The van der Waals surface area contributed by atoms with E-state index in [1.54, 1.807) is 14.0 Å². The van der Waals surface area contributed by atoms with Crippen molar-refractivity contribution in [2.75, 3.05) is 17.3 Å². The van der Waals surface area contributed by atoms with Crippen LogP contribution in [0, 0.1) is 0 Å². The maximum Gasteiger partial charge on any atom is 3.00 e. The summed E-state index contributed by atoms with van der Waals surface area (Å²) in [5.41, 5.74) is 5.62. The second-order valence-corrected chi connectivity index (χ2v) is 11.0.